The van der Waals surface area contributed by atoms with Gasteiger partial charge in [0.2, 0.25) is 5.82 Å². The minimum Gasteiger partial charge on any atom is -0.507 e. The van der Waals surface area contributed by atoms with Crippen molar-refractivity contribution >= 4 is 23.2 Å². The van der Waals surface area contributed by atoms with Gasteiger partial charge >= 0.3 is 0 Å². The van der Waals surface area contributed by atoms with Gasteiger partial charge in [-0.2, -0.15) is 4.98 Å². The van der Waals surface area contributed by atoms with Crippen molar-refractivity contribution in [3.63, 3.8) is 0 Å². The molecular formula is C14H8Cl2N2O3. The van der Waals surface area contributed by atoms with Crippen LogP contribution >= 0.6 is 23.2 Å². The lowest BCUT2D eigenvalue weighted by molar-refractivity contribution is 0.424. The number of hydrogen-bond donors (Lipinski definition) is 2. The van der Waals surface area contributed by atoms with Crippen molar-refractivity contribution in [2.24, 2.45) is 0 Å². The number of phenolic OH excluding ortho intramolecular Hbond substituents is 2. The minimum absolute atomic E-state index is 0.0600. The fourth-order valence-corrected chi connectivity index (χ4v) is 2.15. The number of phenols is 2. The Labute approximate surface area is 129 Å². The molecule has 21 heavy (non-hydrogen) atoms. The summed E-state index contributed by atoms with van der Waals surface area (Å²) in [6, 6.07) is 9.10. The number of halogens is 2. The van der Waals surface area contributed by atoms with E-state index in [2.05, 4.69) is 10.1 Å². The normalized spacial score (nSPS) is 10.8. The summed E-state index contributed by atoms with van der Waals surface area (Å²) >= 11 is 11.5. The largest absolute Gasteiger partial charge is 0.507 e. The molecule has 0 fully saturated rings. The summed E-state index contributed by atoms with van der Waals surface area (Å²) in [4.78, 5) is 4.15. The molecule has 7 heteroatoms. The van der Waals surface area contributed by atoms with Gasteiger partial charge in [0, 0.05) is 10.0 Å². The van der Waals surface area contributed by atoms with Crippen LogP contribution in [0.5, 0.6) is 11.5 Å². The molecule has 5 nitrogen and oxygen atoms in total. The zero-order valence-corrected chi connectivity index (χ0v) is 11.9. The minimum atomic E-state index is -0.0713. The first-order chi connectivity index (χ1) is 10.0. The highest BCUT2D eigenvalue weighted by atomic mass is 35.5. The first kappa shape index (κ1) is 13.7. The van der Waals surface area contributed by atoms with E-state index in [1.54, 1.807) is 24.3 Å². The number of hydrogen-bond acceptors (Lipinski definition) is 5. The Morgan fingerprint density at radius 3 is 2.00 bits per heavy atom. The van der Waals surface area contributed by atoms with Crippen LogP contribution in [0.25, 0.3) is 22.8 Å². The number of aromatic hydroxyl groups is 2. The van der Waals surface area contributed by atoms with Crippen LogP contribution in [0.1, 0.15) is 0 Å². The van der Waals surface area contributed by atoms with E-state index in [1.165, 1.54) is 12.1 Å². The molecule has 1 heterocycles. The second kappa shape index (κ2) is 5.27. The smallest absolute Gasteiger partial charge is 0.262 e. The number of aromatic nitrogens is 2. The molecule has 0 amide bonds. The van der Waals surface area contributed by atoms with E-state index in [-0.39, 0.29) is 23.2 Å². The number of benzene rings is 2. The molecule has 0 aliphatic carbocycles. The second-order valence-electron chi connectivity index (χ2n) is 4.25. The predicted octanol–water partition coefficient (Wildman–Crippen LogP) is 4.12. The molecule has 0 atom stereocenters. The molecular weight excluding hydrogens is 315 g/mol. The van der Waals surface area contributed by atoms with Gasteiger partial charge in [0.1, 0.15) is 11.5 Å². The van der Waals surface area contributed by atoms with Crippen molar-refractivity contribution in [3.05, 3.63) is 46.4 Å². The van der Waals surface area contributed by atoms with Crippen LogP contribution in [0, 0.1) is 0 Å². The molecule has 2 aromatic carbocycles. The summed E-state index contributed by atoms with van der Waals surface area (Å²) in [5, 5.41) is 24.3. The van der Waals surface area contributed by atoms with Crippen LogP contribution in [-0.4, -0.2) is 20.4 Å². The van der Waals surface area contributed by atoms with Crippen LogP contribution in [0.15, 0.2) is 40.9 Å². The number of rotatable bonds is 2. The molecule has 3 aromatic rings. The lowest BCUT2D eigenvalue weighted by Crippen LogP contribution is -1.83. The van der Waals surface area contributed by atoms with Gasteiger partial charge in [0.15, 0.2) is 0 Å². The highest BCUT2D eigenvalue weighted by Crippen LogP contribution is 2.34. The summed E-state index contributed by atoms with van der Waals surface area (Å²) in [6.07, 6.45) is 0. The Balaban J connectivity index is 2.03. The summed E-state index contributed by atoms with van der Waals surface area (Å²) in [7, 11) is 0. The molecule has 0 radical (unpaired) electrons. The molecule has 0 unspecified atom stereocenters. The average molecular weight is 323 g/mol. The maximum Gasteiger partial charge on any atom is 0.262 e. The summed E-state index contributed by atoms with van der Waals surface area (Å²) in [6.45, 7) is 0. The van der Waals surface area contributed by atoms with Gasteiger partial charge in [-0.15, -0.1) is 0 Å². The molecule has 0 spiro atoms. The third kappa shape index (κ3) is 2.66. The van der Waals surface area contributed by atoms with E-state index in [0.717, 1.165) is 0 Å². The van der Waals surface area contributed by atoms with E-state index < -0.39 is 0 Å². The van der Waals surface area contributed by atoms with Gasteiger partial charge in [-0.3, -0.25) is 0 Å². The van der Waals surface area contributed by atoms with Gasteiger partial charge in [0.25, 0.3) is 5.89 Å². The Morgan fingerprint density at radius 2 is 1.43 bits per heavy atom. The first-order valence-electron chi connectivity index (χ1n) is 5.86. The van der Waals surface area contributed by atoms with Gasteiger partial charge in [0.05, 0.1) is 11.1 Å². The van der Waals surface area contributed by atoms with E-state index in [0.29, 0.717) is 21.2 Å². The lowest BCUT2D eigenvalue weighted by Gasteiger charge is -2.00. The lowest BCUT2D eigenvalue weighted by atomic mass is 10.2. The van der Waals surface area contributed by atoms with Crippen molar-refractivity contribution in [2.75, 3.05) is 0 Å². The quantitative estimate of drug-likeness (QED) is 0.741. The maximum absolute atomic E-state index is 9.84. The summed E-state index contributed by atoms with van der Waals surface area (Å²) in [5.41, 5.74) is 0.731. The SMILES string of the molecule is Oc1cc(Cl)ccc1-c1noc(-c2ccc(Cl)cc2O)n1. The molecule has 0 bridgehead atoms. The van der Waals surface area contributed by atoms with Crippen molar-refractivity contribution < 1.29 is 14.7 Å². The molecule has 106 valence electrons. The van der Waals surface area contributed by atoms with Crippen molar-refractivity contribution in [3.8, 4) is 34.3 Å². The third-order valence-corrected chi connectivity index (χ3v) is 3.29. The molecule has 0 aliphatic heterocycles. The molecule has 0 saturated heterocycles. The topological polar surface area (TPSA) is 79.4 Å². The first-order valence-corrected chi connectivity index (χ1v) is 6.61. The third-order valence-electron chi connectivity index (χ3n) is 2.82. The average Bonchev–Trinajstić information content (AvgIpc) is 2.87. The fraction of sp³-hybridized carbons (Fsp3) is 0. The van der Waals surface area contributed by atoms with Crippen LogP contribution in [0.4, 0.5) is 0 Å². The van der Waals surface area contributed by atoms with E-state index in [9.17, 15) is 10.2 Å². The van der Waals surface area contributed by atoms with Gasteiger partial charge in [-0.1, -0.05) is 28.4 Å². The summed E-state index contributed by atoms with van der Waals surface area (Å²) < 4.78 is 5.10. The Bertz CT molecular complexity index is 752. The Kier molecular flexibility index (Phi) is 3.45. The second-order valence-corrected chi connectivity index (χ2v) is 5.12. The van der Waals surface area contributed by atoms with Gasteiger partial charge in [-0.05, 0) is 36.4 Å². The Hall–Kier alpha value is -2.24. The highest BCUT2D eigenvalue weighted by Gasteiger charge is 2.16. The van der Waals surface area contributed by atoms with Crippen molar-refractivity contribution in [2.45, 2.75) is 0 Å². The van der Waals surface area contributed by atoms with E-state index in [1.807, 2.05) is 0 Å². The number of nitrogens with zero attached hydrogens (tertiary/aromatic N) is 2. The standard InChI is InChI=1S/C14H8Cl2N2O3/c15-7-1-3-9(11(19)5-7)13-17-14(21-18-13)10-4-2-8(16)6-12(10)20/h1-6,19-20H. The maximum atomic E-state index is 9.84. The van der Waals surface area contributed by atoms with E-state index >= 15 is 0 Å². The van der Waals surface area contributed by atoms with Gasteiger partial charge < -0.3 is 14.7 Å². The van der Waals surface area contributed by atoms with Crippen LogP contribution in [0.2, 0.25) is 10.0 Å². The van der Waals surface area contributed by atoms with Gasteiger partial charge in [-0.25, -0.2) is 0 Å². The monoisotopic (exact) mass is 322 g/mol. The fourth-order valence-electron chi connectivity index (χ4n) is 1.82. The van der Waals surface area contributed by atoms with Crippen LogP contribution < -0.4 is 0 Å². The van der Waals surface area contributed by atoms with Crippen molar-refractivity contribution in [1.82, 2.24) is 10.1 Å². The van der Waals surface area contributed by atoms with Crippen LogP contribution in [-0.2, 0) is 0 Å². The molecule has 0 aliphatic rings. The molecule has 0 saturated carbocycles. The zero-order chi connectivity index (χ0) is 15.0. The van der Waals surface area contributed by atoms with Crippen molar-refractivity contribution in [1.29, 1.82) is 0 Å². The molecule has 2 N–H and O–H groups in total. The Morgan fingerprint density at radius 1 is 0.857 bits per heavy atom. The highest BCUT2D eigenvalue weighted by molar-refractivity contribution is 6.31. The van der Waals surface area contributed by atoms with Crippen LogP contribution in [0.3, 0.4) is 0 Å². The van der Waals surface area contributed by atoms with E-state index in [4.69, 9.17) is 27.7 Å². The molecule has 1 aromatic heterocycles. The predicted molar refractivity (Wildman–Crippen MR) is 78.5 cm³/mol. The molecule has 3 rings (SSSR count). The summed E-state index contributed by atoms with van der Waals surface area (Å²) in [5.74, 6) is 0.176. The zero-order valence-electron chi connectivity index (χ0n) is 10.4.